The van der Waals surface area contributed by atoms with E-state index in [0.717, 1.165) is 18.8 Å². The largest absolute Gasteiger partial charge is 0.465 e. The van der Waals surface area contributed by atoms with E-state index >= 15 is 0 Å². The van der Waals surface area contributed by atoms with E-state index in [-0.39, 0.29) is 6.10 Å². The molecule has 4 nitrogen and oxygen atoms in total. The van der Waals surface area contributed by atoms with E-state index in [1.807, 2.05) is 0 Å². The van der Waals surface area contributed by atoms with E-state index in [9.17, 15) is 4.79 Å². The number of rotatable bonds is 4. The van der Waals surface area contributed by atoms with Crippen LogP contribution in [0.15, 0.2) is 0 Å². The molecule has 0 radical (unpaired) electrons. The zero-order valence-electron chi connectivity index (χ0n) is 13.7. The van der Waals surface area contributed by atoms with Gasteiger partial charge >= 0.3 is 0 Å². The van der Waals surface area contributed by atoms with Crippen molar-refractivity contribution in [1.82, 2.24) is 10.2 Å². The summed E-state index contributed by atoms with van der Waals surface area (Å²) >= 11 is 0. The normalized spacial score (nSPS) is 34.1. The summed E-state index contributed by atoms with van der Waals surface area (Å²) < 4.78 is 5.09. The van der Waals surface area contributed by atoms with Crippen molar-refractivity contribution in [2.45, 2.75) is 57.5 Å². The maximum atomic E-state index is 10.4. The van der Waals surface area contributed by atoms with Crippen LogP contribution in [0.4, 0.5) is 0 Å². The van der Waals surface area contributed by atoms with Gasteiger partial charge in [-0.15, -0.1) is 0 Å². The summed E-state index contributed by atoms with van der Waals surface area (Å²) in [6.45, 7) is 7.02. The van der Waals surface area contributed by atoms with Gasteiger partial charge in [-0.05, 0) is 81.2 Å². The van der Waals surface area contributed by atoms with Crippen molar-refractivity contribution in [2.75, 3.05) is 32.7 Å². The van der Waals surface area contributed by atoms with Gasteiger partial charge in [0.1, 0.15) is 6.10 Å². The minimum absolute atomic E-state index is 0.217. The number of carbonyl (C=O) groups is 1. The molecular formula is C18H30N2O2. The average molecular weight is 306 g/mol. The molecule has 0 aromatic rings. The number of likely N-dealkylation sites (tertiary alicyclic amines) is 1. The second-order valence-electron chi connectivity index (χ2n) is 8.61. The summed E-state index contributed by atoms with van der Waals surface area (Å²) in [6, 6.07) is 0. The Morgan fingerprint density at radius 2 is 1.73 bits per heavy atom. The lowest BCUT2D eigenvalue weighted by Crippen LogP contribution is -2.55. The molecule has 2 heterocycles. The molecule has 2 saturated heterocycles. The number of hydrogen-bond acceptors (Lipinski definition) is 4. The van der Waals surface area contributed by atoms with E-state index in [1.165, 1.54) is 71.2 Å². The standard InChI is InChI=1S/C18H30N2O2/c21-14-22-16-9-17(10-16)5-7-20(8-6-17)11-15-1-3-18(4-2-15)12-19-13-18/h14-16,19H,1-13H2. The Morgan fingerprint density at radius 1 is 1.05 bits per heavy atom. The van der Waals surface area contributed by atoms with Crippen molar-refractivity contribution in [1.29, 1.82) is 0 Å². The Bertz CT molecular complexity index is 395. The number of nitrogens with zero attached hydrogens (tertiary/aromatic N) is 1. The molecule has 4 heteroatoms. The molecule has 2 saturated carbocycles. The van der Waals surface area contributed by atoms with E-state index in [1.54, 1.807) is 0 Å². The topological polar surface area (TPSA) is 41.6 Å². The van der Waals surface area contributed by atoms with Gasteiger partial charge in [0, 0.05) is 19.6 Å². The van der Waals surface area contributed by atoms with Gasteiger partial charge in [-0.1, -0.05) is 0 Å². The van der Waals surface area contributed by atoms with Crippen LogP contribution in [0.5, 0.6) is 0 Å². The van der Waals surface area contributed by atoms with Crippen molar-refractivity contribution < 1.29 is 9.53 Å². The van der Waals surface area contributed by atoms with Crippen LogP contribution in [0.2, 0.25) is 0 Å². The Morgan fingerprint density at radius 3 is 2.27 bits per heavy atom. The molecule has 4 rings (SSSR count). The minimum atomic E-state index is 0.217. The molecule has 0 unspecified atom stereocenters. The molecule has 0 aromatic heterocycles. The predicted molar refractivity (Wildman–Crippen MR) is 85.5 cm³/mol. The number of ether oxygens (including phenoxy) is 1. The van der Waals surface area contributed by atoms with Gasteiger partial charge in [0.05, 0.1) is 0 Å². The predicted octanol–water partition coefficient (Wildman–Crippen LogP) is 2.18. The second-order valence-corrected chi connectivity index (χ2v) is 8.61. The number of carbonyl (C=O) groups excluding carboxylic acids is 1. The summed E-state index contributed by atoms with van der Waals surface area (Å²) in [5.41, 5.74) is 1.21. The first-order chi connectivity index (χ1) is 10.7. The molecule has 124 valence electrons. The third-order valence-electron chi connectivity index (χ3n) is 7.17. The molecule has 1 N–H and O–H groups in total. The average Bonchev–Trinajstić information content (AvgIpc) is 2.47. The number of nitrogens with one attached hydrogen (secondary N) is 1. The van der Waals surface area contributed by atoms with Gasteiger partial charge < -0.3 is 15.0 Å². The quantitative estimate of drug-likeness (QED) is 0.809. The van der Waals surface area contributed by atoms with E-state index in [0.29, 0.717) is 17.3 Å². The fourth-order valence-electron chi connectivity index (χ4n) is 5.37. The summed E-state index contributed by atoms with van der Waals surface area (Å²) in [5, 5.41) is 3.46. The molecule has 0 amide bonds. The Labute approximate surface area is 134 Å². The minimum Gasteiger partial charge on any atom is -0.465 e. The maximum Gasteiger partial charge on any atom is 0.293 e. The molecule has 0 atom stereocenters. The molecule has 4 fully saturated rings. The second kappa shape index (κ2) is 5.79. The van der Waals surface area contributed by atoms with E-state index in [2.05, 4.69) is 10.2 Å². The molecule has 2 aliphatic heterocycles. The molecule has 2 spiro atoms. The summed E-state index contributed by atoms with van der Waals surface area (Å²) in [6.07, 6.45) is 10.8. The first-order valence-electron chi connectivity index (χ1n) is 9.23. The molecule has 0 aromatic carbocycles. The van der Waals surface area contributed by atoms with Crippen LogP contribution in [0.3, 0.4) is 0 Å². The van der Waals surface area contributed by atoms with E-state index in [4.69, 9.17) is 4.74 Å². The number of hydrogen-bond donors (Lipinski definition) is 1. The maximum absolute atomic E-state index is 10.4. The first-order valence-corrected chi connectivity index (χ1v) is 9.23. The van der Waals surface area contributed by atoms with Crippen LogP contribution in [-0.4, -0.2) is 50.2 Å². The highest BCUT2D eigenvalue weighted by molar-refractivity contribution is 5.37. The van der Waals surface area contributed by atoms with E-state index < -0.39 is 0 Å². The van der Waals surface area contributed by atoms with Crippen molar-refractivity contribution in [3.63, 3.8) is 0 Å². The van der Waals surface area contributed by atoms with Crippen LogP contribution >= 0.6 is 0 Å². The van der Waals surface area contributed by atoms with Crippen LogP contribution in [-0.2, 0) is 9.53 Å². The SMILES string of the molecule is O=COC1CC2(CCN(CC3CCC4(CC3)CNC4)CC2)C1. The number of piperidine rings is 1. The fourth-order valence-corrected chi connectivity index (χ4v) is 5.37. The van der Waals surface area contributed by atoms with Crippen LogP contribution in [0.1, 0.15) is 51.4 Å². The Kier molecular flexibility index (Phi) is 3.93. The van der Waals surface area contributed by atoms with Crippen molar-refractivity contribution in [2.24, 2.45) is 16.7 Å². The van der Waals surface area contributed by atoms with Gasteiger partial charge in [-0.2, -0.15) is 0 Å². The summed E-state index contributed by atoms with van der Waals surface area (Å²) in [7, 11) is 0. The van der Waals surface area contributed by atoms with Crippen LogP contribution in [0.25, 0.3) is 0 Å². The third kappa shape index (κ3) is 2.80. The summed E-state index contributed by atoms with van der Waals surface area (Å²) in [4.78, 5) is 13.1. The van der Waals surface area contributed by atoms with Gasteiger partial charge in [-0.25, -0.2) is 0 Å². The smallest absolute Gasteiger partial charge is 0.293 e. The van der Waals surface area contributed by atoms with Crippen LogP contribution < -0.4 is 5.32 Å². The van der Waals surface area contributed by atoms with Crippen molar-refractivity contribution in [3.8, 4) is 0 Å². The van der Waals surface area contributed by atoms with Crippen LogP contribution in [0, 0.1) is 16.7 Å². The van der Waals surface area contributed by atoms with Gasteiger partial charge in [0.15, 0.2) is 0 Å². The molecule has 2 aliphatic carbocycles. The van der Waals surface area contributed by atoms with Gasteiger partial charge in [-0.3, -0.25) is 4.79 Å². The zero-order valence-corrected chi connectivity index (χ0v) is 13.7. The molecule has 0 bridgehead atoms. The molecule has 22 heavy (non-hydrogen) atoms. The third-order valence-corrected chi connectivity index (χ3v) is 7.17. The monoisotopic (exact) mass is 306 g/mol. The van der Waals surface area contributed by atoms with Crippen molar-refractivity contribution in [3.05, 3.63) is 0 Å². The molecule has 4 aliphatic rings. The Balaban J connectivity index is 1.18. The lowest BCUT2D eigenvalue weighted by molar-refractivity contribution is -0.149. The lowest BCUT2D eigenvalue weighted by atomic mass is 9.61. The summed E-state index contributed by atoms with van der Waals surface area (Å²) in [5.74, 6) is 0.938. The van der Waals surface area contributed by atoms with Crippen molar-refractivity contribution >= 4 is 6.47 Å². The zero-order chi connectivity index (χ0) is 15.0. The Hall–Kier alpha value is -0.610. The lowest BCUT2D eigenvalue weighted by Gasteiger charge is -2.52. The highest BCUT2D eigenvalue weighted by Crippen LogP contribution is 2.50. The highest BCUT2D eigenvalue weighted by Gasteiger charge is 2.47. The fraction of sp³-hybridized carbons (Fsp3) is 0.944. The highest BCUT2D eigenvalue weighted by atomic mass is 16.5. The first kappa shape index (κ1) is 14.9. The van der Waals surface area contributed by atoms with Gasteiger partial charge in [0.2, 0.25) is 0 Å². The van der Waals surface area contributed by atoms with Gasteiger partial charge in [0.25, 0.3) is 6.47 Å². The molecular weight excluding hydrogens is 276 g/mol.